The van der Waals surface area contributed by atoms with Gasteiger partial charge in [-0.2, -0.15) is 11.8 Å². The van der Waals surface area contributed by atoms with E-state index in [1.54, 1.807) is 11.3 Å². The molecule has 0 saturated carbocycles. The molecule has 0 N–H and O–H groups in total. The lowest BCUT2D eigenvalue weighted by Crippen LogP contribution is -2.21. The van der Waals surface area contributed by atoms with E-state index in [9.17, 15) is 0 Å². The van der Waals surface area contributed by atoms with Crippen LogP contribution in [0.15, 0.2) is 8.76 Å². The molecule has 158 valence electrons. The summed E-state index contributed by atoms with van der Waals surface area (Å²) in [6.07, 6.45) is 4.40. The van der Waals surface area contributed by atoms with Crippen LogP contribution < -0.4 is 0 Å². The highest BCUT2D eigenvalue weighted by molar-refractivity contribution is 8.17. The van der Waals surface area contributed by atoms with E-state index in [2.05, 4.69) is 75.1 Å². The Kier molecular flexibility index (Phi) is 6.24. The molecule has 0 radical (unpaired) electrons. The molecule has 1 aliphatic heterocycles. The molecule has 3 heterocycles. The van der Waals surface area contributed by atoms with Gasteiger partial charge in [0.15, 0.2) is 4.34 Å². The van der Waals surface area contributed by atoms with E-state index in [1.165, 1.54) is 10.1 Å². The molecular weight excluding hydrogens is 408 g/mol. The number of thioether (sulfide) groups is 1. The SMILES string of the molecule is C[SH](CCC(C)(C)c1nnc(C(C)(C)CC2CS2)o1)c1nnc(C(C)(C)C)s1. The molecule has 2 aromatic rings. The number of aromatic nitrogens is 4. The number of thiol groups is 1. The highest BCUT2D eigenvalue weighted by atomic mass is 32.2. The first-order chi connectivity index (χ1) is 12.9. The topological polar surface area (TPSA) is 64.7 Å². The minimum absolute atomic E-state index is 0.0528. The average Bonchev–Trinajstić information content (AvgIpc) is 3.08. The van der Waals surface area contributed by atoms with Gasteiger partial charge in [0.2, 0.25) is 11.8 Å². The molecule has 2 unspecified atom stereocenters. The van der Waals surface area contributed by atoms with E-state index in [-0.39, 0.29) is 27.1 Å². The zero-order chi connectivity index (χ0) is 20.7. The number of hydrogen-bond acceptors (Lipinski definition) is 7. The van der Waals surface area contributed by atoms with Gasteiger partial charge in [-0.3, -0.25) is 0 Å². The summed E-state index contributed by atoms with van der Waals surface area (Å²) >= 11 is 3.78. The molecule has 0 spiro atoms. The quantitative estimate of drug-likeness (QED) is 0.438. The second-order valence-electron chi connectivity index (χ2n) is 10.2. The molecule has 1 fully saturated rings. The molecule has 0 aliphatic carbocycles. The molecular formula is C20H34N4OS3. The molecule has 1 aliphatic rings. The van der Waals surface area contributed by atoms with Gasteiger partial charge in [0.1, 0.15) is 5.01 Å². The van der Waals surface area contributed by atoms with Gasteiger partial charge >= 0.3 is 0 Å². The Bertz CT molecular complexity index is 802. The second kappa shape index (κ2) is 7.91. The molecule has 3 rings (SSSR count). The van der Waals surface area contributed by atoms with Gasteiger partial charge in [-0.1, -0.05) is 59.8 Å². The van der Waals surface area contributed by atoms with Crippen LogP contribution in [0.3, 0.4) is 0 Å². The Morgan fingerprint density at radius 2 is 1.57 bits per heavy atom. The first kappa shape index (κ1) is 22.1. The van der Waals surface area contributed by atoms with Crippen LogP contribution in [0.4, 0.5) is 0 Å². The maximum Gasteiger partial charge on any atom is 0.222 e. The maximum atomic E-state index is 6.18. The summed E-state index contributed by atoms with van der Waals surface area (Å²) in [7, 11) is -0.324. The van der Waals surface area contributed by atoms with Gasteiger partial charge in [-0.15, -0.1) is 20.4 Å². The van der Waals surface area contributed by atoms with Crippen molar-refractivity contribution in [1.82, 2.24) is 20.4 Å². The lowest BCUT2D eigenvalue weighted by Gasteiger charge is -2.23. The fraction of sp³-hybridized carbons (Fsp3) is 0.800. The van der Waals surface area contributed by atoms with Gasteiger partial charge in [0.05, 0.1) is 0 Å². The van der Waals surface area contributed by atoms with Crippen LogP contribution in [0.1, 0.15) is 78.1 Å². The van der Waals surface area contributed by atoms with Crippen LogP contribution in [-0.2, 0) is 16.2 Å². The Labute approximate surface area is 180 Å². The van der Waals surface area contributed by atoms with Gasteiger partial charge in [-0.05, 0) is 24.9 Å². The minimum Gasteiger partial charge on any atom is -0.424 e. The van der Waals surface area contributed by atoms with Crippen molar-refractivity contribution in [1.29, 1.82) is 0 Å². The van der Waals surface area contributed by atoms with Crippen molar-refractivity contribution in [3.8, 4) is 0 Å². The normalized spacial score (nSPS) is 19.7. The van der Waals surface area contributed by atoms with Gasteiger partial charge in [-0.25, -0.2) is 10.9 Å². The van der Waals surface area contributed by atoms with Crippen LogP contribution in [0.2, 0.25) is 0 Å². The Morgan fingerprint density at radius 1 is 0.964 bits per heavy atom. The highest BCUT2D eigenvalue weighted by Crippen LogP contribution is 2.43. The van der Waals surface area contributed by atoms with Crippen molar-refractivity contribution in [2.24, 2.45) is 0 Å². The largest absolute Gasteiger partial charge is 0.424 e. The molecule has 2 atom stereocenters. The third-order valence-electron chi connectivity index (χ3n) is 5.18. The minimum atomic E-state index is -0.324. The summed E-state index contributed by atoms with van der Waals surface area (Å²) in [5, 5.41) is 19.6. The highest BCUT2D eigenvalue weighted by Gasteiger charge is 2.37. The fourth-order valence-electron chi connectivity index (χ4n) is 2.94. The molecule has 0 bridgehead atoms. The predicted molar refractivity (Wildman–Crippen MR) is 122 cm³/mol. The molecule has 0 aromatic carbocycles. The van der Waals surface area contributed by atoms with Gasteiger partial charge < -0.3 is 4.42 Å². The van der Waals surface area contributed by atoms with Crippen molar-refractivity contribution in [3.05, 3.63) is 16.8 Å². The Hall–Kier alpha value is -0.600. The zero-order valence-corrected chi connectivity index (χ0v) is 20.9. The summed E-state index contributed by atoms with van der Waals surface area (Å²) in [5.41, 5.74) is -0.121. The summed E-state index contributed by atoms with van der Waals surface area (Å²) in [5.74, 6) is 3.88. The maximum absolute atomic E-state index is 6.18. The third kappa shape index (κ3) is 5.30. The first-order valence-corrected chi connectivity index (χ1v) is 13.7. The smallest absolute Gasteiger partial charge is 0.222 e. The number of nitrogens with zero attached hydrogens (tertiary/aromatic N) is 4. The van der Waals surface area contributed by atoms with Crippen LogP contribution in [0.25, 0.3) is 0 Å². The van der Waals surface area contributed by atoms with E-state index in [0.717, 1.165) is 40.6 Å². The van der Waals surface area contributed by atoms with Crippen LogP contribution >= 0.6 is 34.0 Å². The molecule has 0 amide bonds. The predicted octanol–water partition coefficient (Wildman–Crippen LogP) is 5.36. The van der Waals surface area contributed by atoms with E-state index in [4.69, 9.17) is 4.42 Å². The number of hydrogen-bond donors (Lipinski definition) is 1. The van der Waals surface area contributed by atoms with E-state index >= 15 is 0 Å². The molecule has 2 aromatic heterocycles. The number of rotatable bonds is 8. The third-order valence-corrected chi connectivity index (χ3v) is 10.1. The van der Waals surface area contributed by atoms with Gasteiger partial charge in [0, 0.05) is 27.2 Å². The van der Waals surface area contributed by atoms with E-state index < -0.39 is 0 Å². The van der Waals surface area contributed by atoms with Crippen LogP contribution in [0.5, 0.6) is 0 Å². The summed E-state index contributed by atoms with van der Waals surface area (Å²) < 4.78 is 7.36. The summed E-state index contributed by atoms with van der Waals surface area (Å²) in [4.78, 5) is 0. The monoisotopic (exact) mass is 442 g/mol. The molecule has 28 heavy (non-hydrogen) atoms. The van der Waals surface area contributed by atoms with Crippen molar-refractivity contribution in [3.63, 3.8) is 0 Å². The molecule has 5 nitrogen and oxygen atoms in total. The fourth-order valence-corrected chi connectivity index (χ4v) is 6.81. The second-order valence-corrected chi connectivity index (χ2v) is 15.0. The van der Waals surface area contributed by atoms with E-state index in [0.29, 0.717) is 0 Å². The lowest BCUT2D eigenvalue weighted by molar-refractivity contribution is 0.299. The summed E-state index contributed by atoms with van der Waals surface area (Å²) in [6, 6.07) is 0. The average molecular weight is 443 g/mol. The van der Waals surface area contributed by atoms with Crippen molar-refractivity contribution in [2.45, 2.75) is 87.1 Å². The van der Waals surface area contributed by atoms with E-state index in [1.807, 2.05) is 11.8 Å². The summed E-state index contributed by atoms with van der Waals surface area (Å²) in [6.45, 7) is 15.4. The lowest BCUT2D eigenvalue weighted by atomic mass is 9.88. The first-order valence-electron chi connectivity index (χ1n) is 9.90. The Morgan fingerprint density at radius 3 is 2.11 bits per heavy atom. The molecule has 8 heteroatoms. The Balaban J connectivity index is 1.62. The van der Waals surface area contributed by atoms with Crippen LogP contribution in [-0.4, -0.2) is 43.4 Å². The van der Waals surface area contributed by atoms with Gasteiger partial charge in [0.25, 0.3) is 0 Å². The zero-order valence-electron chi connectivity index (χ0n) is 18.4. The van der Waals surface area contributed by atoms with Crippen LogP contribution in [0, 0.1) is 0 Å². The van der Waals surface area contributed by atoms with Crippen molar-refractivity contribution >= 4 is 34.0 Å². The standard InChI is InChI=1S/C20H34N4OS3/c1-18(2,3)16-23-24-17(27-16)28(8)10-9-19(4,5)14-21-22-15(25-14)20(6,7)11-13-12-26-13/h13,28H,9-12H2,1-8H3. The van der Waals surface area contributed by atoms with Crippen molar-refractivity contribution in [2.75, 3.05) is 17.8 Å². The van der Waals surface area contributed by atoms with Crippen molar-refractivity contribution < 1.29 is 4.42 Å². The molecule has 1 saturated heterocycles.